The summed E-state index contributed by atoms with van der Waals surface area (Å²) in [6, 6.07) is 0.812. The Morgan fingerprint density at radius 2 is 1.90 bits per heavy atom. The molecule has 3 rings (SSSR count). The Hall–Kier alpha value is -1.10. The van der Waals surface area contributed by atoms with Crippen molar-refractivity contribution in [2.24, 2.45) is 5.92 Å². The minimum absolute atomic E-state index is 0.103. The van der Waals surface area contributed by atoms with Crippen LogP contribution in [0.25, 0.3) is 0 Å². The molecule has 0 spiro atoms. The second-order valence-electron chi connectivity index (χ2n) is 6.80. The third kappa shape index (κ3) is 3.07. The molecule has 1 N–H and O–H groups in total. The first-order valence-corrected chi connectivity index (χ1v) is 8.44. The molecule has 5 heteroatoms. The van der Waals surface area contributed by atoms with Gasteiger partial charge in [-0.05, 0) is 32.7 Å². The van der Waals surface area contributed by atoms with Crippen molar-refractivity contribution >= 4 is 11.8 Å². The van der Waals surface area contributed by atoms with Crippen LogP contribution in [0.5, 0.6) is 0 Å². The molecular weight excluding hydrogens is 266 g/mol. The van der Waals surface area contributed by atoms with Crippen molar-refractivity contribution in [1.82, 2.24) is 15.1 Å². The molecule has 3 fully saturated rings. The molecule has 2 saturated heterocycles. The normalized spacial score (nSPS) is 31.2. The monoisotopic (exact) mass is 293 g/mol. The van der Waals surface area contributed by atoms with E-state index in [1.807, 2.05) is 16.8 Å². The van der Waals surface area contributed by atoms with Crippen molar-refractivity contribution < 1.29 is 9.59 Å². The molecule has 2 atom stereocenters. The number of hydrogen-bond acceptors (Lipinski definition) is 3. The van der Waals surface area contributed by atoms with Gasteiger partial charge in [0, 0.05) is 38.1 Å². The lowest BCUT2D eigenvalue weighted by molar-refractivity contribution is -0.137. The van der Waals surface area contributed by atoms with Gasteiger partial charge >= 0.3 is 0 Å². The van der Waals surface area contributed by atoms with Gasteiger partial charge < -0.3 is 15.1 Å². The number of nitrogens with zero attached hydrogens (tertiary/aromatic N) is 2. The van der Waals surface area contributed by atoms with Gasteiger partial charge in [-0.15, -0.1) is 0 Å². The summed E-state index contributed by atoms with van der Waals surface area (Å²) in [6.45, 7) is 2.30. The van der Waals surface area contributed by atoms with Crippen LogP contribution < -0.4 is 5.32 Å². The van der Waals surface area contributed by atoms with Crippen LogP contribution in [0.1, 0.15) is 44.9 Å². The number of carbonyl (C=O) groups is 2. The Balaban J connectivity index is 1.59. The molecular formula is C16H27N3O2. The van der Waals surface area contributed by atoms with Gasteiger partial charge in [-0.3, -0.25) is 9.59 Å². The average Bonchev–Trinajstić information content (AvgIpc) is 3.15. The third-order valence-electron chi connectivity index (χ3n) is 5.41. The number of hydrogen-bond donors (Lipinski definition) is 1. The van der Waals surface area contributed by atoms with Crippen LogP contribution in [-0.2, 0) is 9.59 Å². The van der Waals surface area contributed by atoms with Crippen molar-refractivity contribution in [1.29, 1.82) is 0 Å². The summed E-state index contributed by atoms with van der Waals surface area (Å²) >= 11 is 0. The highest BCUT2D eigenvalue weighted by Crippen LogP contribution is 2.30. The van der Waals surface area contributed by atoms with Gasteiger partial charge in [0.05, 0.1) is 5.92 Å². The topological polar surface area (TPSA) is 52.7 Å². The zero-order valence-electron chi connectivity index (χ0n) is 13.0. The zero-order valence-corrected chi connectivity index (χ0v) is 13.0. The fraction of sp³-hybridized carbons (Fsp3) is 0.875. The quantitative estimate of drug-likeness (QED) is 0.844. The minimum Gasteiger partial charge on any atom is -0.341 e. The average molecular weight is 293 g/mol. The highest BCUT2D eigenvalue weighted by molar-refractivity contribution is 5.89. The number of amides is 2. The number of piperidine rings is 1. The Morgan fingerprint density at radius 3 is 2.62 bits per heavy atom. The van der Waals surface area contributed by atoms with Crippen LogP contribution in [-0.4, -0.2) is 60.4 Å². The predicted molar refractivity (Wildman–Crippen MR) is 80.7 cm³/mol. The molecule has 1 aliphatic carbocycles. The first-order valence-electron chi connectivity index (χ1n) is 8.44. The summed E-state index contributed by atoms with van der Waals surface area (Å²) in [7, 11) is 1.96. The van der Waals surface area contributed by atoms with E-state index in [0.717, 1.165) is 38.8 Å². The van der Waals surface area contributed by atoms with Crippen molar-refractivity contribution in [3.8, 4) is 0 Å². The van der Waals surface area contributed by atoms with E-state index in [-0.39, 0.29) is 17.7 Å². The van der Waals surface area contributed by atoms with E-state index in [1.165, 1.54) is 12.8 Å². The molecule has 2 aliphatic heterocycles. The second-order valence-corrected chi connectivity index (χ2v) is 6.80. The molecule has 3 aliphatic rings. The van der Waals surface area contributed by atoms with Crippen molar-refractivity contribution in [2.75, 3.05) is 26.7 Å². The first-order chi connectivity index (χ1) is 10.2. The Bertz CT molecular complexity index is 406. The van der Waals surface area contributed by atoms with Gasteiger partial charge in [-0.2, -0.15) is 0 Å². The second kappa shape index (κ2) is 6.34. The summed E-state index contributed by atoms with van der Waals surface area (Å²) in [4.78, 5) is 28.9. The molecule has 0 aromatic heterocycles. The van der Waals surface area contributed by atoms with E-state index >= 15 is 0 Å². The van der Waals surface area contributed by atoms with E-state index in [2.05, 4.69) is 5.32 Å². The summed E-state index contributed by atoms with van der Waals surface area (Å²) in [5.74, 6) is 0.292. The maximum atomic E-state index is 12.7. The molecule has 0 radical (unpaired) electrons. The fourth-order valence-electron chi connectivity index (χ4n) is 4.14. The number of nitrogens with one attached hydrogen (secondary N) is 1. The van der Waals surface area contributed by atoms with Gasteiger partial charge in [-0.1, -0.05) is 12.8 Å². The van der Waals surface area contributed by atoms with E-state index in [1.54, 1.807) is 0 Å². The highest BCUT2D eigenvalue weighted by Gasteiger charge is 2.40. The van der Waals surface area contributed by atoms with Gasteiger partial charge in [0.2, 0.25) is 11.8 Å². The Morgan fingerprint density at radius 1 is 1.14 bits per heavy atom. The van der Waals surface area contributed by atoms with Crippen LogP contribution >= 0.6 is 0 Å². The number of likely N-dealkylation sites (N-methyl/N-ethyl adjacent to an activating group) is 1. The van der Waals surface area contributed by atoms with Crippen molar-refractivity contribution in [3.05, 3.63) is 0 Å². The molecule has 2 heterocycles. The molecule has 0 bridgehead atoms. The SMILES string of the molecule is CNC1CCCN(C(=O)C2CC(=O)N(C3CCCC3)C2)C1. The number of carbonyl (C=O) groups excluding carboxylic acids is 2. The third-order valence-corrected chi connectivity index (χ3v) is 5.41. The lowest BCUT2D eigenvalue weighted by atomic mass is 10.0. The van der Waals surface area contributed by atoms with E-state index in [4.69, 9.17) is 0 Å². The maximum absolute atomic E-state index is 12.7. The molecule has 2 unspecified atom stereocenters. The van der Waals surface area contributed by atoms with Gasteiger partial charge in [0.25, 0.3) is 0 Å². The molecule has 118 valence electrons. The van der Waals surface area contributed by atoms with Crippen LogP contribution in [0.3, 0.4) is 0 Å². The molecule has 2 amide bonds. The highest BCUT2D eigenvalue weighted by atomic mass is 16.2. The standard InChI is InChI=1S/C16H27N3O2/c1-17-13-5-4-8-18(11-13)16(21)12-9-15(20)19(10-12)14-6-2-3-7-14/h12-14,17H,2-11H2,1H3. The van der Waals surface area contributed by atoms with E-state index in [9.17, 15) is 9.59 Å². The Kier molecular flexibility index (Phi) is 4.48. The van der Waals surface area contributed by atoms with E-state index in [0.29, 0.717) is 25.0 Å². The van der Waals surface area contributed by atoms with Gasteiger partial charge in [-0.25, -0.2) is 0 Å². The Labute approximate surface area is 127 Å². The summed E-state index contributed by atoms with van der Waals surface area (Å²) in [5.41, 5.74) is 0. The molecule has 0 aromatic carbocycles. The van der Waals surface area contributed by atoms with Gasteiger partial charge in [0.1, 0.15) is 0 Å². The summed E-state index contributed by atoms with van der Waals surface area (Å²) in [5, 5.41) is 3.27. The lowest BCUT2D eigenvalue weighted by Gasteiger charge is -2.34. The predicted octanol–water partition coefficient (Wildman–Crippen LogP) is 0.988. The maximum Gasteiger partial charge on any atom is 0.228 e. The molecule has 0 aromatic rings. The summed E-state index contributed by atoms with van der Waals surface area (Å²) in [6.07, 6.45) is 7.32. The van der Waals surface area contributed by atoms with Gasteiger partial charge in [0.15, 0.2) is 0 Å². The lowest BCUT2D eigenvalue weighted by Crippen LogP contribution is -2.49. The summed E-state index contributed by atoms with van der Waals surface area (Å²) < 4.78 is 0. The largest absolute Gasteiger partial charge is 0.341 e. The fourth-order valence-corrected chi connectivity index (χ4v) is 4.14. The van der Waals surface area contributed by atoms with Crippen molar-refractivity contribution in [3.63, 3.8) is 0 Å². The van der Waals surface area contributed by atoms with Crippen LogP contribution in [0.4, 0.5) is 0 Å². The number of rotatable bonds is 3. The van der Waals surface area contributed by atoms with E-state index < -0.39 is 0 Å². The molecule has 1 saturated carbocycles. The minimum atomic E-state index is -0.103. The molecule has 21 heavy (non-hydrogen) atoms. The number of likely N-dealkylation sites (tertiary alicyclic amines) is 2. The van der Waals surface area contributed by atoms with Crippen molar-refractivity contribution in [2.45, 2.75) is 57.0 Å². The smallest absolute Gasteiger partial charge is 0.228 e. The zero-order chi connectivity index (χ0) is 14.8. The van der Waals surface area contributed by atoms with Crippen LogP contribution in [0, 0.1) is 5.92 Å². The van der Waals surface area contributed by atoms with Crippen LogP contribution in [0.2, 0.25) is 0 Å². The first kappa shape index (κ1) is 14.8. The van der Waals surface area contributed by atoms with Crippen LogP contribution in [0.15, 0.2) is 0 Å². The molecule has 5 nitrogen and oxygen atoms in total.